The monoisotopic (exact) mass is 902 g/mol. The predicted octanol–water partition coefficient (Wildman–Crippen LogP) is 17.6. The molecule has 0 saturated heterocycles. The molecule has 2 aromatic heterocycles. The lowest BCUT2D eigenvalue weighted by molar-refractivity contribution is 1.07. The van der Waals surface area contributed by atoms with Gasteiger partial charge in [0.05, 0.1) is 16.7 Å². The molecule has 0 fully saturated rings. The van der Waals surface area contributed by atoms with Gasteiger partial charge < -0.3 is 4.57 Å². The molecule has 0 unspecified atom stereocenters. The van der Waals surface area contributed by atoms with Crippen molar-refractivity contribution in [1.82, 2.24) is 19.5 Å². The van der Waals surface area contributed by atoms with Crippen LogP contribution in [0.2, 0.25) is 0 Å². The normalized spacial score (nSPS) is 11.7. The summed E-state index contributed by atoms with van der Waals surface area (Å²) >= 11 is 0. The molecule has 0 spiro atoms. The Hall–Kier alpha value is -9.51. The van der Waals surface area contributed by atoms with Crippen LogP contribution in [-0.4, -0.2) is 19.5 Å². The number of rotatable bonds is 7. The fourth-order valence-electron chi connectivity index (χ4n) is 10.9. The summed E-state index contributed by atoms with van der Waals surface area (Å²) in [5, 5.41) is 12.2. The number of para-hydroxylation sites is 1. The van der Waals surface area contributed by atoms with Crippen LogP contribution in [0.1, 0.15) is 0 Å². The van der Waals surface area contributed by atoms with E-state index in [9.17, 15) is 0 Å². The second kappa shape index (κ2) is 16.6. The van der Waals surface area contributed by atoms with Crippen molar-refractivity contribution >= 4 is 64.9 Å². The minimum Gasteiger partial charge on any atom is -0.309 e. The average molecular weight is 903 g/mol. The Bertz CT molecular complexity index is 4320. The zero-order chi connectivity index (χ0) is 46.8. The molecule has 12 aromatic carbocycles. The lowest BCUT2D eigenvalue weighted by atomic mass is 9.89. The average Bonchev–Trinajstić information content (AvgIpc) is 3.79. The molecule has 0 amide bonds. The topological polar surface area (TPSA) is 43.6 Å². The van der Waals surface area contributed by atoms with Gasteiger partial charge in [-0.05, 0) is 114 Å². The molecule has 14 rings (SSSR count). The number of nitrogens with zero attached hydrogens (tertiary/aromatic N) is 4. The van der Waals surface area contributed by atoms with E-state index in [0.717, 1.165) is 55.7 Å². The van der Waals surface area contributed by atoms with Crippen LogP contribution in [0.15, 0.2) is 255 Å². The first-order chi connectivity index (χ1) is 35.2. The van der Waals surface area contributed by atoms with Crippen LogP contribution in [0.5, 0.6) is 0 Å². The zero-order valence-electron chi connectivity index (χ0n) is 38.5. The van der Waals surface area contributed by atoms with Crippen LogP contribution in [0, 0.1) is 0 Å². The maximum atomic E-state index is 5.25. The summed E-state index contributed by atoms with van der Waals surface area (Å²) in [7, 11) is 0. The van der Waals surface area contributed by atoms with E-state index in [1.165, 1.54) is 65.0 Å². The molecule has 0 radical (unpaired) electrons. The van der Waals surface area contributed by atoms with Crippen molar-refractivity contribution in [3.05, 3.63) is 255 Å². The van der Waals surface area contributed by atoms with Crippen LogP contribution < -0.4 is 0 Å². The van der Waals surface area contributed by atoms with E-state index < -0.39 is 0 Å². The molecule has 0 atom stereocenters. The Kier molecular flexibility index (Phi) is 9.49. The Morgan fingerprint density at radius 2 is 0.704 bits per heavy atom. The quantitative estimate of drug-likeness (QED) is 0.150. The van der Waals surface area contributed by atoms with Gasteiger partial charge in [0.25, 0.3) is 0 Å². The molecule has 330 valence electrons. The van der Waals surface area contributed by atoms with Crippen LogP contribution in [0.3, 0.4) is 0 Å². The number of benzene rings is 12. The Labute approximate surface area is 410 Å². The van der Waals surface area contributed by atoms with Crippen molar-refractivity contribution in [1.29, 1.82) is 0 Å². The summed E-state index contributed by atoms with van der Waals surface area (Å²) in [5.74, 6) is 1.86. The third-order valence-corrected chi connectivity index (χ3v) is 14.2. The first kappa shape index (κ1) is 40.5. The molecule has 0 N–H and O–H groups in total. The highest BCUT2D eigenvalue weighted by Gasteiger charge is 2.22. The summed E-state index contributed by atoms with van der Waals surface area (Å²) in [4.78, 5) is 15.5. The van der Waals surface area contributed by atoms with Gasteiger partial charge in [-0.3, -0.25) is 0 Å². The SMILES string of the molecule is c1ccc(-c2cc(-c3cc(-n4c5ccccc5c5ccc(-c6cccc7ccccc67)cc54)c4c5ccccc5c5ccccc5c4c3)cc(-c3nc(-c4ccccc4)nc(-c4ccccc4)n3)c2)cc1. The van der Waals surface area contributed by atoms with Crippen LogP contribution >= 0.6 is 0 Å². The van der Waals surface area contributed by atoms with Gasteiger partial charge in [-0.25, -0.2) is 15.0 Å². The standard InChI is InChI=1S/C67H42N4/c1-4-19-43(20-5-1)48-37-49(39-51(38-48)67-69-65(45-22-6-2-7-23-45)68-66(70-67)46-24-8-3-9-25-46)50-40-60-56-30-13-12-28-54(56)55-29-14-15-32-59(55)64(60)63(42-50)71-61-34-17-16-31-57(61)58-36-35-47(41-62(58)71)53-33-18-26-44-21-10-11-27-52(44)53/h1-42H. The van der Waals surface area contributed by atoms with Crippen LogP contribution in [-0.2, 0) is 0 Å². The lowest BCUT2D eigenvalue weighted by Crippen LogP contribution is -2.01. The molecular weight excluding hydrogens is 861 g/mol. The lowest BCUT2D eigenvalue weighted by Gasteiger charge is -2.19. The Balaban J connectivity index is 1.09. The summed E-state index contributed by atoms with van der Waals surface area (Å²) in [6.07, 6.45) is 0. The maximum absolute atomic E-state index is 5.25. The third-order valence-electron chi connectivity index (χ3n) is 14.2. The van der Waals surface area contributed by atoms with Crippen molar-refractivity contribution in [3.63, 3.8) is 0 Å². The van der Waals surface area contributed by atoms with E-state index in [0.29, 0.717) is 17.5 Å². The van der Waals surface area contributed by atoms with E-state index in [-0.39, 0.29) is 0 Å². The van der Waals surface area contributed by atoms with Crippen LogP contribution in [0.4, 0.5) is 0 Å². The smallest absolute Gasteiger partial charge is 0.164 e. The largest absolute Gasteiger partial charge is 0.309 e. The van der Waals surface area contributed by atoms with E-state index in [4.69, 9.17) is 15.0 Å². The van der Waals surface area contributed by atoms with Crippen molar-refractivity contribution < 1.29 is 0 Å². The maximum Gasteiger partial charge on any atom is 0.164 e. The highest BCUT2D eigenvalue weighted by Crippen LogP contribution is 2.45. The highest BCUT2D eigenvalue weighted by atomic mass is 15.0. The Morgan fingerprint density at radius 3 is 1.38 bits per heavy atom. The molecule has 0 saturated carbocycles. The van der Waals surface area contributed by atoms with E-state index >= 15 is 0 Å². The van der Waals surface area contributed by atoms with Gasteiger partial charge in [0.2, 0.25) is 0 Å². The number of hydrogen-bond acceptors (Lipinski definition) is 3. The molecular formula is C67H42N4. The molecule has 71 heavy (non-hydrogen) atoms. The van der Waals surface area contributed by atoms with Crippen LogP contribution in [0.25, 0.3) is 138 Å². The molecule has 4 heteroatoms. The van der Waals surface area contributed by atoms with Gasteiger partial charge in [0, 0.05) is 32.8 Å². The van der Waals surface area contributed by atoms with E-state index in [1.54, 1.807) is 0 Å². The first-order valence-electron chi connectivity index (χ1n) is 24.2. The zero-order valence-corrected chi connectivity index (χ0v) is 38.5. The number of aromatic nitrogens is 4. The minimum atomic E-state index is 0.609. The third kappa shape index (κ3) is 6.88. The fraction of sp³-hybridized carbons (Fsp3) is 0. The molecule has 0 aliphatic carbocycles. The van der Waals surface area contributed by atoms with Gasteiger partial charge in [-0.2, -0.15) is 0 Å². The molecule has 0 aliphatic rings. The second-order valence-corrected chi connectivity index (χ2v) is 18.3. The summed E-state index contributed by atoms with van der Waals surface area (Å²) in [6.45, 7) is 0. The van der Waals surface area contributed by atoms with Gasteiger partial charge in [0.15, 0.2) is 17.5 Å². The number of fused-ring (bicyclic) bond motifs is 10. The van der Waals surface area contributed by atoms with Gasteiger partial charge in [0.1, 0.15) is 0 Å². The highest BCUT2D eigenvalue weighted by molar-refractivity contribution is 6.28. The van der Waals surface area contributed by atoms with Gasteiger partial charge >= 0.3 is 0 Å². The summed E-state index contributed by atoms with van der Waals surface area (Å²) in [5.41, 5.74) is 12.9. The second-order valence-electron chi connectivity index (χ2n) is 18.3. The minimum absolute atomic E-state index is 0.609. The van der Waals surface area contributed by atoms with Crippen molar-refractivity contribution in [2.24, 2.45) is 0 Å². The predicted molar refractivity (Wildman–Crippen MR) is 297 cm³/mol. The fourth-order valence-corrected chi connectivity index (χ4v) is 10.9. The number of hydrogen-bond donors (Lipinski definition) is 0. The molecule has 4 nitrogen and oxygen atoms in total. The summed E-state index contributed by atoms with van der Waals surface area (Å²) in [6, 6.07) is 91.7. The van der Waals surface area contributed by atoms with Gasteiger partial charge in [-0.1, -0.05) is 212 Å². The summed E-state index contributed by atoms with van der Waals surface area (Å²) < 4.78 is 2.53. The Morgan fingerprint density at radius 1 is 0.239 bits per heavy atom. The van der Waals surface area contributed by atoms with Crippen molar-refractivity contribution in [2.75, 3.05) is 0 Å². The molecule has 0 bridgehead atoms. The van der Waals surface area contributed by atoms with Crippen molar-refractivity contribution in [3.8, 4) is 73.2 Å². The first-order valence-corrected chi connectivity index (χ1v) is 24.2. The van der Waals surface area contributed by atoms with E-state index in [2.05, 4.69) is 223 Å². The van der Waals surface area contributed by atoms with Gasteiger partial charge in [-0.15, -0.1) is 0 Å². The van der Waals surface area contributed by atoms with Crippen molar-refractivity contribution in [2.45, 2.75) is 0 Å². The molecule has 0 aliphatic heterocycles. The molecule has 2 heterocycles. The molecule has 14 aromatic rings. The van der Waals surface area contributed by atoms with E-state index in [1.807, 2.05) is 36.4 Å².